The molecule has 6 nitrogen and oxygen atoms in total. The van der Waals surface area contributed by atoms with Crippen LogP contribution >= 0.6 is 0 Å². The number of hydrogen-bond acceptors (Lipinski definition) is 3. The number of fused-ring (bicyclic) bond motifs is 3. The topological polar surface area (TPSA) is 75.4 Å². The molecule has 0 bridgehead atoms. The van der Waals surface area contributed by atoms with E-state index in [1.54, 1.807) is 31.0 Å². The largest absolute Gasteiger partial charge is 0.481 e. The number of halogens is 2. The summed E-state index contributed by atoms with van der Waals surface area (Å²) in [5, 5.41) is 10.2. The molecule has 0 spiro atoms. The lowest BCUT2D eigenvalue weighted by molar-refractivity contribution is -0.147. The third-order valence-corrected chi connectivity index (χ3v) is 6.50. The first-order valence-corrected chi connectivity index (χ1v) is 11.1. The second kappa shape index (κ2) is 8.92. The van der Waals surface area contributed by atoms with Gasteiger partial charge >= 0.3 is 5.97 Å². The molecule has 1 amide bonds. The Kier molecular flexibility index (Phi) is 6.19. The van der Waals surface area contributed by atoms with Gasteiger partial charge in [-0.2, -0.15) is 0 Å². The number of pyridine rings is 1. The van der Waals surface area contributed by atoms with E-state index in [-0.39, 0.29) is 24.4 Å². The smallest absolute Gasteiger partial charge is 0.309 e. The summed E-state index contributed by atoms with van der Waals surface area (Å²) in [6.07, 6.45) is 3.47. The average molecular weight is 456 g/mol. The number of aliphatic carboxylic acids is 1. The molecule has 0 aliphatic carbocycles. The minimum absolute atomic E-state index is 0.0384. The minimum Gasteiger partial charge on any atom is -0.481 e. The molecule has 0 atom stereocenters. The van der Waals surface area contributed by atoms with Crippen molar-refractivity contribution in [2.24, 2.45) is 5.41 Å². The molecule has 1 aliphatic rings. The number of aromatic nitrogens is 2. The summed E-state index contributed by atoms with van der Waals surface area (Å²) < 4.78 is 30.1. The van der Waals surface area contributed by atoms with Gasteiger partial charge in [0.05, 0.1) is 18.5 Å². The van der Waals surface area contributed by atoms with Crippen molar-refractivity contribution in [2.75, 3.05) is 6.54 Å². The zero-order valence-electron chi connectivity index (χ0n) is 18.8. The standard InChI is InChI=1S/C25H27F2N3O3/c1-25(2,24(32)33)11-4-9-21(31)29-13-10-17-18-7-5-12-28-23(18)30(20(17)15-29)14-16-6-3-8-19(26)22(16)27/h3,5-8,12H,4,9-11,13-15H2,1-2H3,(H,32,33). The van der Waals surface area contributed by atoms with E-state index in [4.69, 9.17) is 0 Å². The van der Waals surface area contributed by atoms with Crippen molar-refractivity contribution in [1.82, 2.24) is 14.5 Å². The first-order chi connectivity index (χ1) is 15.7. The van der Waals surface area contributed by atoms with Gasteiger partial charge in [0.1, 0.15) is 5.65 Å². The number of hydrogen-bond donors (Lipinski definition) is 1. The number of benzene rings is 1. The van der Waals surface area contributed by atoms with Crippen molar-refractivity contribution in [1.29, 1.82) is 0 Å². The van der Waals surface area contributed by atoms with Crippen LogP contribution in [0.5, 0.6) is 0 Å². The van der Waals surface area contributed by atoms with Crippen LogP contribution in [0.25, 0.3) is 11.0 Å². The van der Waals surface area contributed by atoms with E-state index >= 15 is 0 Å². The van der Waals surface area contributed by atoms with E-state index in [0.29, 0.717) is 38.0 Å². The lowest BCUT2D eigenvalue weighted by atomic mass is 9.87. The maximum Gasteiger partial charge on any atom is 0.309 e. The molecule has 33 heavy (non-hydrogen) atoms. The van der Waals surface area contributed by atoms with Gasteiger partial charge in [-0.25, -0.2) is 13.8 Å². The molecule has 3 aromatic rings. The second-order valence-corrected chi connectivity index (χ2v) is 9.21. The van der Waals surface area contributed by atoms with Crippen LogP contribution in [0, 0.1) is 17.0 Å². The summed E-state index contributed by atoms with van der Waals surface area (Å²) in [6.45, 7) is 4.33. The Morgan fingerprint density at radius 3 is 2.73 bits per heavy atom. The molecule has 0 fully saturated rings. The highest BCUT2D eigenvalue weighted by atomic mass is 19.2. The summed E-state index contributed by atoms with van der Waals surface area (Å²) in [4.78, 5) is 30.4. The summed E-state index contributed by atoms with van der Waals surface area (Å²) in [6, 6.07) is 7.93. The van der Waals surface area contributed by atoms with Gasteiger partial charge in [0.2, 0.25) is 5.91 Å². The molecule has 3 heterocycles. The van der Waals surface area contributed by atoms with Gasteiger partial charge < -0.3 is 14.6 Å². The van der Waals surface area contributed by atoms with Crippen molar-refractivity contribution in [3.8, 4) is 0 Å². The molecule has 0 saturated heterocycles. The van der Waals surface area contributed by atoms with E-state index in [1.807, 2.05) is 16.7 Å². The van der Waals surface area contributed by atoms with Gasteiger partial charge in [-0.15, -0.1) is 0 Å². The predicted molar refractivity (Wildman–Crippen MR) is 120 cm³/mol. The average Bonchev–Trinajstić information content (AvgIpc) is 3.09. The lowest BCUT2D eigenvalue weighted by Crippen LogP contribution is -2.36. The van der Waals surface area contributed by atoms with Crippen molar-refractivity contribution < 1.29 is 23.5 Å². The number of carbonyl (C=O) groups excluding carboxylic acids is 1. The van der Waals surface area contributed by atoms with Crippen molar-refractivity contribution in [2.45, 2.75) is 52.6 Å². The van der Waals surface area contributed by atoms with E-state index in [0.717, 1.165) is 22.7 Å². The fraction of sp³-hybridized carbons (Fsp3) is 0.400. The van der Waals surface area contributed by atoms with Crippen LogP contribution in [0.3, 0.4) is 0 Å². The van der Waals surface area contributed by atoms with E-state index < -0.39 is 23.0 Å². The normalized spacial score (nSPS) is 13.9. The highest BCUT2D eigenvalue weighted by molar-refractivity contribution is 5.84. The predicted octanol–water partition coefficient (Wildman–Crippen LogP) is 4.53. The summed E-state index contributed by atoms with van der Waals surface area (Å²) in [7, 11) is 0. The van der Waals surface area contributed by atoms with E-state index in [9.17, 15) is 23.5 Å². The van der Waals surface area contributed by atoms with E-state index in [1.165, 1.54) is 6.07 Å². The van der Waals surface area contributed by atoms with Crippen LogP contribution in [0.4, 0.5) is 8.78 Å². The minimum atomic E-state index is -0.896. The molecule has 1 N–H and O–H groups in total. The van der Waals surface area contributed by atoms with Crippen molar-refractivity contribution in [3.05, 3.63) is 65.0 Å². The van der Waals surface area contributed by atoms with Gasteiger partial charge in [-0.1, -0.05) is 12.1 Å². The number of carbonyl (C=O) groups is 2. The molecule has 0 radical (unpaired) electrons. The lowest BCUT2D eigenvalue weighted by Gasteiger charge is -2.29. The maximum absolute atomic E-state index is 14.4. The molecule has 0 saturated carbocycles. The zero-order valence-corrected chi connectivity index (χ0v) is 18.8. The molecule has 8 heteroatoms. The van der Waals surface area contributed by atoms with Crippen LogP contribution in [-0.4, -0.2) is 38.0 Å². The Hall–Kier alpha value is -3.29. The number of carboxylic acids is 1. The number of nitrogens with zero attached hydrogens (tertiary/aromatic N) is 3. The van der Waals surface area contributed by atoms with Crippen LogP contribution in [-0.2, 0) is 29.1 Å². The van der Waals surface area contributed by atoms with Gasteiger partial charge in [-0.3, -0.25) is 9.59 Å². The van der Waals surface area contributed by atoms with Crippen LogP contribution in [0.1, 0.15) is 49.9 Å². The molecule has 4 rings (SSSR count). The highest BCUT2D eigenvalue weighted by Crippen LogP contribution is 2.31. The van der Waals surface area contributed by atoms with Gasteiger partial charge in [0.25, 0.3) is 0 Å². The summed E-state index contributed by atoms with van der Waals surface area (Å²) in [5.74, 6) is -2.69. The van der Waals surface area contributed by atoms with Gasteiger partial charge in [-0.05, 0) is 56.9 Å². The molecule has 0 unspecified atom stereocenters. The summed E-state index contributed by atoms with van der Waals surface area (Å²) in [5.41, 5.74) is 1.98. The Balaban J connectivity index is 1.58. The first kappa shape index (κ1) is 22.9. The molecule has 1 aromatic carbocycles. The second-order valence-electron chi connectivity index (χ2n) is 9.21. The number of amides is 1. The molecule has 2 aromatic heterocycles. The SMILES string of the molecule is CC(C)(CCCC(=O)N1CCc2c(n(Cc3cccc(F)c3F)c3ncccc23)C1)C(=O)O. The Morgan fingerprint density at radius 2 is 1.97 bits per heavy atom. The monoisotopic (exact) mass is 455 g/mol. The highest BCUT2D eigenvalue weighted by Gasteiger charge is 2.29. The fourth-order valence-corrected chi connectivity index (χ4v) is 4.43. The van der Waals surface area contributed by atoms with Crippen LogP contribution < -0.4 is 0 Å². The quantitative estimate of drug-likeness (QED) is 0.568. The maximum atomic E-state index is 14.4. The number of rotatable bonds is 7. The zero-order chi connectivity index (χ0) is 23.8. The third-order valence-electron chi connectivity index (χ3n) is 6.50. The first-order valence-electron chi connectivity index (χ1n) is 11.1. The molecule has 174 valence electrons. The van der Waals surface area contributed by atoms with Gasteiger partial charge in [0, 0.05) is 35.8 Å². The van der Waals surface area contributed by atoms with E-state index in [2.05, 4.69) is 4.98 Å². The fourth-order valence-electron chi connectivity index (χ4n) is 4.43. The molecular formula is C25H27F2N3O3. The Labute approximate surface area is 190 Å². The van der Waals surface area contributed by atoms with Crippen LogP contribution in [0.2, 0.25) is 0 Å². The number of carboxylic acid groups (broad SMARTS) is 1. The molecule has 1 aliphatic heterocycles. The van der Waals surface area contributed by atoms with Crippen LogP contribution in [0.15, 0.2) is 36.5 Å². The van der Waals surface area contributed by atoms with Crippen molar-refractivity contribution >= 4 is 22.9 Å². The van der Waals surface area contributed by atoms with Gasteiger partial charge in [0.15, 0.2) is 11.6 Å². The Morgan fingerprint density at radius 1 is 1.18 bits per heavy atom. The van der Waals surface area contributed by atoms with Crippen molar-refractivity contribution in [3.63, 3.8) is 0 Å². The summed E-state index contributed by atoms with van der Waals surface area (Å²) >= 11 is 0. The third kappa shape index (κ3) is 4.47. The molecular weight excluding hydrogens is 428 g/mol. The Bertz CT molecular complexity index is 1220.